The number of aryl methyl sites for hydroxylation is 2. The van der Waals surface area contributed by atoms with Crippen LogP contribution in [0.2, 0.25) is 0 Å². The molecule has 9 aromatic rings. The summed E-state index contributed by atoms with van der Waals surface area (Å²) in [6, 6.07) is 16.2. The molecule has 0 aliphatic carbocycles. The van der Waals surface area contributed by atoms with Crippen LogP contribution in [0.25, 0.3) is 50.8 Å². The van der Waals surface area contributed by atoms with Crippen molar-refractivity contribution in [1.29, 1.82) is 5.26 Å². The standard InChI is InChI=1S/C32H20N22/c1-17-25(43-45-29-19(14-33)15-37-51(29)23-8-4-6-12-35-23)31-39-27(49-53(31)47-17)20-10-11-21(42-41-20)28-40-32-26(18(2)48-54(32)50-28)44-46-30-22(34-3)16-38-52(30)24-9-5-7-13-36-24/h4-13,15-16H,1-2H3,(H,39,49)(H,40,50). The number of aromatic nitrogens is 16. The molecule has 9 aromatic heterocycles. The Bertz CT molecular complexity index is 2770. The van der Waals surface area contributed by atoms with Crippen LogP contribution >= 0.6 is 0 Å². The zero-order chi connectivity index (χ0) is 36.8. The number of nitrogens with zero attached hydrogens (tertiary/aromatic N) is 20. The van der Waals surface area contributed by atoms with Crippen LogP contribution < -0.4 is 0 Å². The lowest BCUT2D eigenvalue weighted by Gasteiger charge is -2.02. The number of H-pyrrole nitrogens is 2. The number of hydrogen-bond acceptors (Lipinski definition) is 15. The second-order valence-electron chi connectivity index (χ2n) is 11.4. The summed E-state index contributed by atoms with van der Waals surface area (Å²) in [5, 5.41) is 62.4. The van der Waals surface area contributed by atoms with Gasteiger partial charge in [0.1, 0.15) is 23.0 Å². The number of hydrogen-bond donors (Lipinski definition) is 2. The minimum atomic E-state index is 0.214. The maximum Gasteiger partial charge on any atom is 0.252 e. The SMILES string of the molecule is [C-]#[N+]c1cnn(-c2ccccn2)c1N=Nc1c(C)nn2nc(-c3ccc(-c4nn5nc(C)c(N=Nc6c(C#N)cnn6-c6ccccn6)c5[nH]4)nn3)[nH]c12. The summed E-state index contributed by atoms with van der Waals surface area (Å²) < 4.78 is 5.66. The summed E-state index contributed by atoms with van der Waals surface area (Å²) in [6.45, 7) is 11.1. The van der Waals surface area contributed by atoms with Crippen molar-refractivity contribution in [3.8, 4) is 40.7 Å². The van der Waals surface area contributed by atoms with Crippen molar-refractivity contribution in [2.75, 3.05) is 0 Å². The Morgan fingerprint density at radius 1 is 0.685 bits per heavy atom. The average molecular weight is 713 g/mol. The predicted molar refractivity (Wildman–Crippen MR) is 186 cm³/mol. The van der Waals surface area contributed by atoms with Crippen molar-refractivity contribution in [1.82, 2.24) is 79.3 Å². The summed E-state index contributed by atoms with van der Waals surface area (Å²) in [6.07, 6.45) is 6.05. The highest BCUT2D eigenvalue weighted by molar-refractivity contribution is 5.71. The van der Waals surface area contributed by atoms with Crippen LogP contribution in [0.4, 0.5) is 28.7 Å². The lowest BCUT2D eigenvalue weighted by molar-refractivity contribution is 0.805. The molecule has 0 aliphatic heterocycles. The summed E-state index contributed by atoms with van der Waals surface area (Å²) in [4.78, 5) is 18.5. The molecule has 0 radical (unpaired) electrons. The molecule has 54 heavy (non-hydrogen) atoms. The summed E-state index contributed by atoms with van der Waals surface area (Å²) >= 11 is 0. The van der Waals surface area contributed by atoms with E-state index in [4.69, 9.17) is 6.57 Å². The van der Waals surface area contributed by atoms with E-state index in [0.717, 1.165) is 0 Å². The smallest absolute Gasteiger partial charge is 0.252 e. The number of azo groups is 2. The Balaban J connectivity index is 0.987. The van der Waals surface area contributed by atoms with E-state index in [0.29, 0.717) is 68.7 Å². The Hall–Kier alpha value is -8.66. The normalized spacial score (nSPS) is 11.7. The number of aromatic amines is 2. The molecule has 0 atom stereocenters. The first-order valence-corrected chi connectivity index (χ1v) is 15.8. The van der Waals surface area contributed by atoms with Gasteiger partial charge in [0.2, 0.25) is 0 Å². The maximum atomic E-state index is 9.64. The third kappa shape index (κ3) is 5.28. The molecule has 0 aliphatic rings. The van der Waals surface area contributed by atoms with Gasteiger partial charge in [-0.2, -0.15) is 30.3 Å². The van der Waals surface area contributed by atoms with E-state index < -0.39 is 0 Å². The third-order valence-electron chi connectivity index (χ3n) is 7.97. The Morgan fingerprint density at radius 3 is 1.72 bits per heavy atom. The van der Waals surface area contributed by atoms with Crippen molar-refractivity contribution in [2.45, 2.75) is 13.8 Å². The minimum Gasteiger partial charge on any atom is -0.318 e. The molecule has 0 fully saturated rings. The van der Waals surface area contributed by atoms with Crippen LogP contribution in [0.5, 0.6) is 0 Å². The van der Waals surface area contributed by atoms with Crippen molar-refractivity contribution in [3.05, 3.63) is 102 Å². The van der Waals surface area contributed by atoms with Gasteiger partial charge < -0.3 is 9.97 Å². The highest BCUT2D eigenvalue weighted by Crippen LogP contribution is 2.34. The molecule has 0 unspecified atom stereocenters. The van der Waals surface area contributed by atoms with E-state index in [-0.39, 0.29) is 22.9 Å². The second-order valence-corrected chi connectivity index (χ2v) is 11.4. The van der Waals surface area contributed by atoms with Gasteiger partial charge in [-0.1, -0.05) is 12.1 Å². The molecule has 9 rings (SSSR count). The van der Waals surface area contributed by atoms with Gasteiger partial charge in [-0.05, 0) is 50.2 Å². The van der Waals surface area contributed by atoms with E-state index in [2.05, 4.69) is 92.1 Å². The van der Waals surface area contributed by atoms with Crippen molar-refractivity contribution in [2.24, 2.45) is 20.5 Å². The number of fused-ring (bicyclic) bond motifs is 2. The lowest BCUT2D eigenvalue weighted by atomic mass is 10.3. The van der Waals surface area contributed by atoms with Crippen LogP contribution in [0.1, 0.15) is 17.0 Å². The van der Waals surface area contributed by atoms with Crippen LogP contribution in [0.15, 0.2) is 93.8 Å². The van der Waals surface area contributed by atoms with Gasteiger partial charge in [0, 0.05) is 12.4 Å². The first kappa shape index (κ1) is 31.3. The molecule has 0 amide bonds. The zero-order valence-electron chi connectivity index (χ0n) is 27.9. The summed E-state index contributed by atoms with van der Waals surface area (Å²) in [5.41, 5.74) is 4.13. The van der Waals surface area contributed by atoms with E-state index >= 15 is 0 Å². The van der Waals surface area contributed by atoms with Gasteiger partial charge in [-0.15, -0.1) is 50.1 Å². The van der Waals surface area contributed by atoms with Gasteiger partial charge in [0.25, 0.3) is 5.69 Å². The van der Waals surface area contributed by atoms with Gasteiger partial charge in [0.05, 0.1) is 30.4 Å². The molecular weight excluding hydrogens is 693 g/mol. The molecule has 258 valence electrons. The van der Waals surface area contributed by atoms with Gasteiger partial charge >= 0.3 is 0 Å². The average Bonchev–Trinajstić information content (AvgIpc) is 4.06. The highest BCUT2D eigenvalue weighted by atomic mass is 15.5. The number of nitriles is 1. The largest absolute Gasteiger partial charge is 0.318 e. The monoisotopic (exact) mass is 712 g/mol. The molecule has 22 heteroatoms. The first-order valence-electron chi connectivity index (χ1n) is 15.8. The number of nitrogens with one attached hydrogen (secondary N) is 2. The minimum absolute atomic E-state index is 0.214. The molecule has 0 saturated carbocycles. The fraction of sp³-hybridized carbons (Fsp3) is 0.0625. The fourth-order valence-corrected chi connectivity index (χ4v) is 5.40. The first-order chi connectivity index (χ1) is 26.5. The topological polar surface area (TPSA) is 257 Å². The van der Waals surface area contributed by atoms with Gasteiger partial charge in [0.15, 0.2) is 57.6 Å². The number of rotatable bonds is 8. The quantitative estimate of drug-likeness (QED) is 0.145. The van der Waals surface area contributed by atoms with Crippen molar-refractivity contribution >= 4 is 40.0 Å². The zero-order valence-corrected chi connectivity index (χ0v) is 27.9. The fourth-order valence-electron chi connectivity index (χ4n) is 5.40. The van der Waals surface area contributed by atoms with E-state index in [1.807, 2.05) is 6.07 Å². The van der Waals surface area contributed by atoms with Crippen LogP contribution in [0.3, 0.4) is 0 Å². The van der Waals surface area contributed by atoms with E-state index in [1.54, 1.807) is 68.7 Å². The molecule has 0 saturated heterocycles. The molecule has 0 bridgehead atoms. The Kier molecular flexibility index (Phi) is 7.30. The molecule has 0 aromatic carbocycles. The predicted octanol–water partition coefficient (Wildman–Crippen LogP) is 5.58. The van der Waals surface area contributed by atoms with Gasteiger partial charge in [-0.3, -0.25) is 0 Å². The van der Waals surface area contributed by atoms with Crippen molar-refractivity contribution < 1.29 is 0 Å². The third-order valence-corrected chi connectivity index (χ3v) is 7.97. The lowest BCUT2D eigenvalue weighted by Crippen LogP contribution is -1.97. The van der Waals surface area contributed by atoms with Gasteiger partial charge in [-0.25, -0.2) is 19.5 Å². The number of pyridine rings is 2. The highest BCUT2D eigenvalue weighted by Gasteiger charge is 2.20. The Morgan fingerprint density at radius 2 is 1.22 bits per heavy atom. The molecule has 0 spiro atoms. The van der Waals surface area contributed by atoms with Crippen LogP contribution in [-0.2, 0) is 0 Å². The molecule has 9 heterocycles. The Labute approximate surface area is 301 Å². The van der Waals surface area contributed by atoms with E-state index in [1.165, 1.54) is 31.0 Å². The van der Waals surface area contributed by atoms with Crippen molar-refractivity contribution in [3.63, 3.8) is 0 Å². The maximum absolute atomic E-state index is 9.64. The second kappa shape index (κ2) is 12.6. The molecule has 2 N–H and O–H groups in total. The molecule has 22 nitrogen and oxygen atoms in total. The van der Waals surface area contributed by atoms with E-state index in [9.17, 15) is 5.26 Å². The van der Waals surface area contributed by atoms with Crippen LogP contribution in [-0.4, -0.2) is 79.3 Å². The summed E-state index contributed by atoms with van der Waals surface area (Å²) in [7, 11) is 0. The van der Waals surface area contributed by atoms with Crippen LogP contribution in [0, 0.1) is 31.8 Å². The summed E-state index contributed by atoms with van der Waals surface area (Å²) in [5.74, 6) is 2.17. The molecular formula is C32H20N22.